The van der Waals surface area contributed by atoms with Gasteiger partial charge < -0.3 is 10.1 Å². The zero-order chi connectivity index (χ0) is 20.9. The van der Waals surface area contributed by atoms with Crippen molar-refractivity contribution in [3.8, 4) is 11.1 Å². The normalized spacial score (nSPS) is 12.6. The van der Waals surface area contributed by atoms with Crippen LogP contribution in [-0.2, 0) is 4.74 Å². The van der Waals surface area contributed by atoms with E-state index in [9.17, 15) is 4.79 Å². The number of ether oxygens (including phenoxy) is 1. The number of nitrogens with zero attached hydrogens (tertiary/aromatic N) is 1. The molecule has 1 heterocycles. The van der Waals surface area contributed by atoms with Gasteiger partial charge in [-0.25, -0.2) is 9.78 Å². The minimum Gasteiger partial charge on any atom is -0.449 e. The largest absolute Gasteiger partial charge is 0.449 e. The molecule has 4 rings (SSSR count). The minimum atomic E-state index is -0.423. The summed E-state index contributed by atoms with van der Waals surface area (Å²) in [6.45, 7) is 0.762. The maximum absolute atomic E-state index is 12.1. The second kappa shape index (κ2) is 9.33. The summed E-state index contributed by atoms with van der Waals surface area (Å²) in [5.41, 5.74) is 5.55. The Hall–Kier alpha value is -2.82. The average Bonchev–Trinajstić information content (AvgIpc) is 3.08. The Labute approximate surface area is 185 Å². The van der Waals surface area contributed by atoms with Gasteiger partial charge in [-0.05, 0) is 34.7 Å². The first-order valence-electron chi connectivity index (χ1n) is 9.70. The maximum atomic E-state index is 12.1. The Balaban J connectivity index is 1.28. The fourth-order valence-electron chi connectivity index (χ4n) is 3.67. The van der Waals surface area contributed by atoms with Gasteiger partial charge in [0.25, 0.3) is 0 Å². The molecule has 30 heavy (non-hydrogen) atoms. The highest BCUT2D eigenvalue weighted by atomic mass is 35.5. The fourth-order valence-corrected chi connectivity index (χ4v) is 4.01. The average molecular weight is 439 g/mol. The smallest absolute Gasteiger partial charge is 0.407 e. The molecule has 0 aliphatic heterocycles. The number of pyridine rings is 1. The van der Waals surface area contributed by atoms with Gasteiger partial charge in [0.05, 0.1) is 5.02 Å². The Morgan fingerprint density at radius 1 is 1.07 bits per heavy atom. The van der Waals surface area contributed by atoms with Crippen LogP contribution in [0.15, 0.2) is 66.9 Å². The summed E-state index contributed by atoms with van der Waals surface area (Å²) in [6, 6.07) is 18.3. The topological polar surface area (TPSA) is 51.2 Å². The molecule has 0 atom stereocenters. The minimum absolute atomic E-state index is 0.0560. The van der Waals surface area contributed by atoms with E-state index in [0.717, 1.165) is 5.56 Å². The molecule has 6 heteroatoms. The van der Waals surface area contributed by atoms with Crippen molar-refractivity contribution in [1.29, 1.82) is 0 Å². The van der Waals surface area contributed by atoms with Gasteiger partial charge in [-0.3, -0.25) is 0 Å². The molecule has 3 aromatic rings. The first kappa shape index (κ1) is 20.5. The lowest BCUT2D eigenvalue weighted by atomic mass is 9.98. The van der Waals surface area contributed by atoms with Crippen molar-refractivity contribution in [1.82, 2.24) is 10.3 Å². The molecule has 4 nitrogen and oxygen atoms in total. The molecule has 152 valence electrons. The highest BCUT2D eigenvalue weighted by Crippen LogP contribution is 2.44. The van der Waals surface area contributed by atoms with Crippen molar-refractivity contribution < 1.29 is 9.53 Å². The zero-order valence-electron chi connectivity index (χ0n) is 16.1. The number of hydrogen-bond acceptors (Lipinski definition) is 3. The second-order valence-electron chi connectivity index (χ2n) is 6.98. The fraction of sp³-hybridized carbons (Fsp3) is 0.167. The van der Waals surface area contributed by atoms with Crippen molar-refractivity contribution in [2.45, 2.75) is 12.3 Å². The Bertz CT molecular complexity index is 1050. The number of amides is 1. The van der Waals surface area contributed by atoms with E-state index in [0.29, 0.717) is 29.7 Å². The molecule has 1 N–H and O–H groups in total. The molecule has 0 saturated carbocycles. The van der Waals surface area contributed by atoms with Crippen LogP contribution >= 0.6 is 23.2 Å². The van der Waals surface area contributed by atoms with Gasteiger partial charge in [0.2, 0.25) is 0 Å². The van der Waals surface area contributed by atoms with Crippen LogP contribution in [0, 0.1) is 0 Å². The van der Waals surface area contributed by atoms with E-state index in [1.807, 2.05) is 36.4 Å². The Morgan fingerprint density at radius 2 is 1.73 bits per heavy atom. The summed E-state index contributed by atoms with van der Waals surface area (Å²) in [4.78, 5) is 16.1. The van der Waals surface area contributed by atoms with E-state index in [2.05, 4.69) is 34.6 Å². The van der Waals surface area contributed by atoms with Crippen molar-refractivity contribution in [3.05, 3.63) is 93.7 Å². The first-order valence-corrected chi connectivity index (χ1v) is 10.5. The molecular formula is C24H20Cl2N2O2. The molecule has 0 bridgehead atoms. The summed E-state index contributed by atoms with van der Waals surface area (Å²) >= 11 is 11.9. The first-order chi connectivity index (χ1) is 14.6. The Kier molecular flexibility index (Phi) is 6.36. The highest BCUT2D eigenvalue weighted by Gasteiger charge is 2.28. The van der Waals surface area contributed by atoms with Gasteiger partial charge in [0.15, 0.2) is 0 Å². The monoisotopic (exact) mass is 438 g/mol. The molecule has 1 amide bonds. The lowest BCUT2D eigenvalue weighted by Crippen LogP contribution is -2.26. The van der Waals surface area contributed by atoms with Gasteiger partial charge in [-0.1, -0.05) is 83.9 Å². The molecule has 0 spiro atoms. The van der Waals surface area contributed by atoms with E-state index in [-0.39, 0.29) is 5.92 Å². The zero-order valence-corrected chi connectivity index (χ0v) is 17.7. The number of nitrogens with one attached hydrogen (secondary N) is 1. The molecule has 1 aliphatic rings. The molecule has 0 saturated heterocycles. The number of fused-ring (bicyclic) bond motifs is 3. The van der Waals surface area contributed by atoms with E-state index in [4.69, 9.17) is 27.9 Å². The van der Waals surface area contributed by atoms with Crippen molar-refractivity contribution in [2.75, 3.05) is 13.2 Å². The number of rotatable bonds is 6. The van der Waals surface area contributed by atoms with Gasteiger partial charge in [0.1, 0.15) is 11.8 Å². The molecule has 2 aromatic carbocycles. The number of alkyl carbamates (subject to hydrolysis) is 1. The van der Waals surface area contributed by atoms with Crippen LogP contribution in [0.5, 0.6) is 0 Å². The lowest BCUT2D eigenvalue weighted by molar-refractivity contribution is 0.143. The van der Waals surface area contributed by atoms with Crippen molar-refractivity contribution in [2.24, 2.45) is 0 Å². The van der Waals surface area contributed by atoms with Crippen LogP contribution in [0.4, 0.5) is 4.79 Å². The number of benzene rings is 2. The predicted molar refractivity (Wildman–Crippen MR) is 121 cm³/mol. The third-order valence-corrected chi connectivity index (χ3v) is 5.58. The molecule has 0 fully saturated rings. The predicted octanol–water partition coefficient (Wildman–Crippen LogP) is 6.33. The number of carbonyl (C=O) groups excluding carboxylic acids is 1. The van der Waals surface area contributed by atoms with Gasteiger partial charge in [-0.2, -0.15) is 0 Å². The van der Waals surface area contributed by atoms with Crippen molar-refractivity contribution in [3.63, 3.8) is 0 Å². The number of carbonyl (C=O) groups is 1. The highest BCUT2D eigenvalue weighted by molar-refractivity contribution is 6.33. The van der Waals surface area contributed by atoms with E-state index < -0.39 is 6.09 Å². The molecule has 0 radical (unpaired) electrons. The summed E-state index contributed by atoms with van der Waals surface area (Å²) in [5.74, 6) is 0.0560. The van der Waals surface area contributed by atoms with Crippen LogP contribution < -0.4 is 5.32 Å². The van der Waals surface area contributed by atoms with E-state index >= 15 is 0 Å². The van der Waals surface area contributed by atoms with Crippen LogP contribution in [-0.4, -0.2) is 24.2 Å². The van der Waals surface area contributed by atoms with Crippen LogP contribution in [0.3, 0.4) is 0 Å². The number of aromatic nitrogens is 1. The number of halogens is 2. The summed E-state index contributed by atoms with van der Waals surface area (Å²) in [7, 11) is 0. The molecule has 1 aromatic heterocycles. The van der Waals surface area contributed by atoms with Gasteiger partial charge >= 0.3 is 6.09 Å². The summed E-state index contributed by atoms with van der Waals surface area (Å²) < 4.78 is 5.52. The van der Waals surface area contributed by atoms with E-state index in [1.54, 1.807) is 6.07 Å². The summed E-state index contributed by atoms with van der Waals surface area (Å²) in [6.07, 6.45) is 5.45. The van der Waals surface area contributed by atoms with E-state index in [1.165, 1.54) is 28.5 Å². The molecule has 0 unspecified atom stereocenters. The quantitative estimate of drug-likeness (QED) is 0.361. The van der Waals surface area contributed by atoms with Crippen LogP contribution in [0.25, 0.3) is 17.2 Å². The SMILES string of the molecule is O=C(NCCC=Cc1cc(Cl)cnc1Cl)OCC1c2ccccc2-c2ccccc21. The molecule has 1 aliphatic carbocycles. The maximum Gasteiger partial charge on any atom is 0.407 e. The third kappa shape index (κ3) is 4.50. The number of hydrogen-bond donors (Lipinski definition) is 1. The standard InChI is InChI=1S/C24H20Cl2N2O2/c25-17-13-16(23(26)28-14-17)7-5-6-12-27-24(29)30-15-22-20-10-3-1-8-18(20)19-9-2-4-11-21(19)22/h1-5,7-11,13-14,22H,6,12,15H2,(H,27,29). The van der Waals surface area contributed by atoms with Gasteiger partial charge in [-0.15, -0.1) is 0 Å². The lowest BCUT2D eigenvalue weighted by Gasteiger charge is -2.14. The third-order valence-electron chi connectivity index (χ3n) is 5.05. The van der Waals surface area contributed by atoms with Crippen LogP contribution in [0.2, 0.25) is 10.2 Å². The van der Waals surface area contributed by atoms with Crippen LogP contribution in [0.1, 0.15) is 29.0 Å². The second-order valence-corrected chi connectivity index (χ2v) is 7.77. The molecular weight excluding hydrogens is 419 g/mol. The Morgan fingerprint density at radius 3 is 2.43 bits per heavy atom. The van der Waals surface area contributed by atoms with Gasteiger partial charge in [0, 0.05) is 24.2 Å². The van der Waals surface area contributed by atoms with Crippen molar-refractivity contribution >= 4 is 35.4 Å². The summed E-state index contributed by atoms with van der Waals surface area (Å²) in [5, 5.41) is 3.69.